The van der Waals surface area contributed by atoms with Gasteiger partial charge in [0.25, 0.3) is 0 Å². The number of halogens is 1. The summed E-state index contributed by atoms with van der Waals surface area (Å²) >= 11 is 5.90. The predicted octanol–water partition coefficient (Wildman–Crippen LogP) is 4.57. The van der Waals surface area contributed by atoms with Crippen molar-refractivity contribution in [3.05, 3.63) is 69.7 Å². The lowest BCUT2D eigenvalue weighted by molar-refractivity contribution is 0.0467. The molecule has 0 heterocycles. The van der Waals surface area contributed by atoms with E-state index >= 15 is 0 Å². The first kappa shape index (κ1) is 18.0. The molecular formula is C19H19ClO4. The van der Waals surface area contributed by atoms with Gasteiger partial charge in [-0.25, -0.2) is 9.59 Å². The van der Waals surface area contributed by atoms with E-state index in [1.54, 1.807) is 30.3 Å². The zero-order valence-corrected chi connectivity index (χ0v) is 14.4. The third kappa shape index (κ3) is 4.83. The average molecular weight is 347 g/mol. The van der Waals surface area contributed by atoms with Gasteiger partial charge in [0.2, 0.25) is 0 Å². The highest BCUT2D eigenvalue weighted by molar-refractivity contribution is 6.30. The number of ether oxygens (including phenoxy) is 2. The maximum absolute atomic E-state index is 12.1. The Kier molecular flexibility index (Phi) is 6.38. The van der Waals surface area contributed by atoms with Gasteiger partial charge < -0.3 is 9.47 Å². The molecule has 0 amide bonds. The van der Waals surface area contributed by atoms with Gasteiger partial charge in [-0.3, -0.25) is 0 Å². The molecule has 0 spiro atoms. The molecule has 0 aliphatic rings. The molecule has 0 fully saturated rings. The minimum atomic E-state index is -0.446. The number of esters is 2. The highest BCUT2D eigenvalue weighted by atomic mass is 35.5. The van der Waals surface area contributed by atoms with E-state index in [1.807, 2.05) is 26.0 Å². The van der Waals surface area contributed by atoms with Crippen LogP contribution in [0.2, 0.25) is 5.02 Å². The van der Waals surface area contributed by atoms with Crippen molar-refractivity contribution in [1.29, 1.82) is 0 Å². The number of hydrogen-bond donors (Lipinski definition) is 0. The quantitative estimate of drug-likeness (QED) is 0.719. The van der Waals surface area contributed by atoms with Crippen LogP contribution < -0.4 is 0 Å². The van der Waals surface area contributed by atoms with Gasteiger partial charge in [-0.05, 0) is 60.9 Å². The molecule has 24 heavy (non-hydrogen) atoms. The van der Waals surface area contributed by atoms with Gasteiger partial charge in [-0.1, -0.05) is 24.6 Å². The van der Waals surface area contributed by atoms with Crippen LogP contribution in [0.5, 0.6) is 0 Å². The first-order valence-corrected chi connectivity index (χ1v) is 8.08. The minimum Gasteiger partial charge on any atom is -0.462 e. The third-order valence-electron chi connectivity index (χ3n) is 3.46. The Morgan fingerprint density at radius 2 is 1.54 bits per heavy atom. The molecule has 0 aliphatic carbocycles. The lowest BCUT2D eigenvalue weighted by atomic mass is 10.1. The lowest BCUT2D eigenvalue weighted by Gasteiger charge is -2.08. The van der Waals surface area contributed by atoms with Gasteiger partial charge in [0.1, 0.15) is 6.61 Å². The summed E-state index contributed by atoms with van der Waals surface area (Å²) in [4.78, 5) is 23.8. The van der Waals surface area contributed by atoms with Crippen molar-refractivity contribution in [3.8, 4) is 0 Å². The Hall–Kier alpha value is -2.33. The maximum atomic E-state index is 12.1. The molecule has 5 heteroatoms. The van der Waals surface area contributed by atoms with Gasteiger partial charge in [0.15, 0.2) is 0 Å². The number of rotatable bonds is 6. The van der Waals surface area contributed by atoms with Gasteiger partial charge in [-0.15, -0.1) is 0 Å². The molecule has 0 saturated carbocycles. The molecular weight excluding hydrogens is 328 g/mol. The third-order valence-corrected chi connectivity index (χ3v) is 3.69. The standard InChI is InChI=1S/C19H19ClO4/c1-3-10-23-18(21)14-4-6-15(7-5-14)19(22)24-12-16-8-9-17(20)11-13(16)2/h4-9,11H,3,10,12H2,1-2H3. The molecule has 2 aromatic rings. The summed E-state index contributed by atoms with van der Waals surface area (Å²) in [5.41, 5.74) is 2.65. The highest BCUT2D eigenvalue weighted by Gasteiger charge is 2.11. The first-order chi connectivity index (χ1) is 11.5. The first-order valence-electron chi connectivity index (χ1n) is 7.70. The highest BCUT2D eigenvalue weighted by Crippen LogP contribution is 2.17. The van der Waals surface area contributed by atoms with E-state index in [4.69, 9.17) is 21.1 Å². The van der Waals surface area contributed by atoms with E-state index in [0.717, 1.165) is 17.5 Å². The van der Waals surface area contributed by atoms with Crippen LogP contribution in [0.15, 0.2) is 42.5 Å². The normalized spacial score (nSPS) is 10.3. The van der Waals surface area contributed by atoms with Crippen LogP contribution in [0.1, 0.15) is 45.2 Å². The maximum Gasteiger partial charge on any atom is 0.338 e. The summed E-state index contributed by atoms with van der Waals surface area (Å²) in [6.45, 7) is 4.38. The fraction of sp³-hybridized carbons (Fsp3) is 0.263. The molecule has 0 atom stereocenters. The number of aryl methyl sites for hydroxylation is 1. The molecule has 0 N–H and O–H groups in total. The van der Waals surface area contributed by atoms with Crippen molar-refractivity contribution >= 4 is 23.5 Å². The zero-order chi connectivity index (χ0) is 17.5. The van der Waals surface area contributed by atoms with Crippen LogP contribution in [-0.4, -0.2) is 18.5 Å². The molecule has 0 radical (unpaired) electrons. The fourth-order valence-electron chi connectivity index (χ4n) is 2.07. The smallest absolute Gasteiger partial charge is 0.338 e. The number of carbonyl (C=O) groups is 2. The molecule has 2 rings (SSSR count). The summed E-state index contributed by atoms with van der Waals surface area (Å²) in [6.07, 6.45) is 0.764. The topological polar surface area (TPSA) is 52.6 Å². The number of carbonyl (C=O) groups excluding carboxylic acids is 2. The molecule has 0 saturated heterocycles. The van der Waals surface area contributed by atoms with Crippen LogP contribution >= 0.6 is 11.6 Å². The van der Waals surface area contributed by atoms with Crippen molar-refractivity contribution in [1.82, 2.24) is 0 Å². The summed E-state index contributed by atoms with van der Waals surface area (Å²) in [7, 11) is 0. The number of benzene rings is 2. The van der Waals surface area contributed by atoms with Crippen LogP contribution in [-0.2, 0) is 16.1 Å². The summed E-state index contributed by atoms with van der Waals surface area (Å²) in [5, 5.41) is 0.646. The monoisotopic (exact) mass is 346 g/mol. The van der Waals surface area contributed by atoms with E-state index < -0.39 is 11.9 Å². The summed E-state index contributed by atoms with van der Waals surface area (Å²) in [6, 6.07) is 11.6. The van der Waals surface area contributed by atoms with E-state index in [2.05, 4.69) is 0 Å². The summed E-state index contributed by atoms with van der Waals surface area (Å²) in [5.74, 6) is -0.841. The van der Waals surface area contributed by atoms with Crippen molar-refractivity contribution in [2.75, 3.05) is 6.61 Å². The molecule has 4 nitrogen and oxygen atoms in total. The molecule has 2 aromatic carbocycles. The van der Waals surface area contributed by atoms with Crippen LogP contribution in [0.25, 0.3) is 0 Å². The zero-order valence-electron chi connectivity index (χ0n) is 13.7. The van der Waals surface area contributed by atoms with Gasteiger partial charge in [0.05, 0.1) is 17.7 Å². The van der Waals surface area contributed by atoms with E-state index in [1.165, 1.54) is 0 Å². The van der Waals surface area contributed by atoms with E-state index in [-0.39, 0.29) is 6.61 Å². The molecule has 126 valence electrons. The van der Waals surface area contributed by atoms with Gasteiger partial charge in [0, 0.05) is 5.02 Å². The van der Waals surface area contributed by atoms with Gasteiger partial charge >= 0.3 is 11.9 Å². The second-order valence-corrected chi connectivity index (χ2v) is 5.80. The van der Waals surface area contributed by atoms with Crippen molar-refractivity contribution in [2.24, 2.45) is 0 Å². The number of hydrogen-bond acceptors (Lipinski definition) is 4. The Balaban J connectivity index is 1.96. The second-order valence-electron chi connectivity index (χ2n) is 5.36. The molecule has 0 aliphatic heterocycles. The summed E-state index contributed by atoms with van der Waals surface area (Å²) < 4.78 is 10.3. The Bertz CT molecular complexity index is 723. The van der Waals surface area contributed by atoms with Crippen LogP contribution in [0, 0.1) is 6.92 Å². The van der Waals surface area contributed by atoms with Crippen molar-refractivity contribution in [2.45, 2.75) is 26.9 Å². The average Bonchev–Trinajstić information content (AvgIpc) is 2.58. The van der Waals surface area contributed by atoms with E-state index in [9.17, 15) is 9.59 Å². The largest absolute Gasteiger partial charge is 0.462 e. The Morgan fingerprint density at radius 3 is 2.08 bits per heavy atom. The van der Waals surface area contributed by atoms with Crippen LogP contribution in [0.4, 0.5) is 0 Å². The Morgan fingerprint density at radius 1 is 0.958 bits per heavy atom. The Labute approximate surface area is 146 Å². The molecule has 0 bridgehead atoms. The van der Waals surface area contributed by atoms with E-state index in [0.29, 0.717) is 22.8 Å². The molecule has 0 aromatic heterocycles. The predicted molar refractivity (Wildman–Crippen MR) is 92.3 cm³/mol. The fourth-order valence-corrected chi connectivity index (χ4v) is 2.30. The SMILES string of the molecule is CCCOC(=O)c1ccc(C(=O)OCc2ccc(Cl)cc2C)cc1. The van der Waals surface area contributed by atoms with Crippen molar-refractivity contribution in [3.63, 3.8) is 0 Å². The minimum absolute atomic E-state index is 0.169. The molecule has 0 unspecified atom stereocenters. The van der Waals surface area contributed by atoms with Crippen molar-refractivity contribution < 1.29 is 19.1 Å². The second kappa shape index (κ2) is 8.50. The van der Waals surface area contributed by atoms with Crippen LogP contribution in [0.3, 0.4) is 0 Å². The van der Waals surface area contributed by atoms with Gasteiger partial charge in [-0.2, -0.15) is 0 Å². The lowest BCUT2D eigenvalue weighted by Crippen LogP contribution is -2.08.